The second-order valence-corrected chi connectivity index (χ2v) is 7.60. The summed E-state index contributed by atoms with van der Waals surface area (Å²) in [4.78, 5) is 21.4. The van der Waals surface area contributed by atoms with Crippen LogP contribution in [0.25, 0.3) is 10.9 Å². The summed E-state index contributed by atoms with van der Waals surface area (Å²) in [7, 11) is 0. The Hall–Kier alpha value is -2.79. The van der Waals surface area contributed by atoms with Crippen LogP contribution < -0.4 is 10.2 Å². The van der Waals surface area contributed by atoms with Crippen molar-refractivity contribution in [2.45, 2.75) is 13.8 Å². The number of aromatic nitrogens is 1. The molecule has 6 heteroatoms. The first-order chi connectivity index (χ1) is 13.5. The number of piperazine rings is 1. The Morgan fingerprint density at radius 1 is 1.07 bits per heavy atom. The number of urea groups is 1. The number of amides is 2. The lowest BCUT2D eigenvalue weighted by Gasteiger charge is -2.36. The van der Waals surface area contributed by atoms with E-state index in [0.717, 1.165) is 40.8 Å². The number of carbonyl (C=O) groups excluding carboxylic acids is 1. The summed E-state index contributed by atoms with van der Waals surface area (Å²) in [6.07, 6.45) is 1.82. The monoisotopic (exact) mass is 394 g/mol. The smallest absolute Gasteiger partial charge is 0.322 e. The van der Waals surface area contributed by atoms with Crippen molar-refractivity contribution in [1.29, 1.82) is 0 Å². The third kappa shape index (κ3) is 3.62. The van der Waals surface area contributed by atoms with Gasteiger partial charge in [-0.2, -0.15) is 0 Å². The lowest BCUT2D eigenvalue weighted by Crippen LogP contribution is -2.50. The zero-order valence-electron chi connectivity index (χ0n) is 16.1. The minimum atomic E-state index is -0.107. The first kappa shape index (κ1) is 18.6. The van der Waals surface area contributed by atoms with Gasteiger partial charge in [-0.1, -0.05) is 35.9 Å². The van der Waals surface area contributed by atoms with E-state index in [1.54, 1.807) is 0 Å². The summed E-state index contributed by atoms with van der Waals surface area (Å²) in [5.74, 6) is 0. The predicted molar refractivity (Wildman–Crippen MR) is 115 cm³/mol. The van der Waals surface area contributed by atoms with Crippen LogP contribution >= 0.6 is 11.6 Å². The van der Waals surface area contributed by atoms with Crippen LogP contribution in [0.15, 0.2) is 48.7 Å². The van der Waals surface area contributed by atoms with E-state index in [1.165, 1.54) is 0 Å². The van der Waals surface area contributed by atoms with E-state index in [9.17, 15) is 4.79 Å². The number of nitrogens with one attached hydrogen (secondary N) is 1. The number of fused-ring (bicyclic) bond motifs is 1. The van der Waals surface area contributed by atoms with Crippen LogP contribution in [0.5, 0.6) is 0 Å². The SMILES string of the molecule is Cc1cc(C)c(NC(=O)N2CCN(c3cccc4cccnc34)CC2)c(Cl)c1. The molecule has 1 aliphatic heterocycles. The summed E-state index contributed by atoms with van der Waals surface area (Å²) < 4.78 is 0. The van der Waals surface area contributed by atoms with Crippen LogP contribution in [-0.2, 0) is 0 Å². The molecule has 0 spiro atoms. The van der Waals surface area contributed by atoms with Crippen LogP contribution in [0.2, 0.25) is 5.02 Å². The minimum absolute atomic E-state index is 0.107. The maximum Gasteiger partial charge on any atom is 0.322 e. The topological polar surface area (TPSA) is 48.5 Å². The van der Waals surface area contributed by atoms with Crippen molar-refractivity contribution in [2.75, 3.05) is 36.4 Å². The third-order valence-electron chi connectivity index (χ3n) is 5.18. The highest BCUT2D eigenvalue weighted by molar-refractivity contribution is 6.34. The molecule has 0 atom stereocenters. The van der Waals surface area contributed by atoms with Gasteiger partial charge in [0.1, 0.15) is 0 Å². The summed E-state index contributed by atoms with van der Waals surface area (Å²) in [6.45, 7) is 6.79. The molecule has 1 aliphatic rings. The van der Waals surface area contributed by atoms with Gasteiger partial charge in [0, 0.05) is 37.8 Å². The lowest BCUT2D eigenvalue weighted by molar-refractivity contribution is 0.208. The molecule has 1 N–H and O–H groups in total. The van der Waals surface area contributed by atoms with E-state index >= 15 is 0 Å². The number of benzene rings is 2. The second kappa shape index (κ2) is 7.68. The fraction of sp³-hybridized carbons (Fsp3) is 0.273. The van der Waals surface area contributed by atoms with Gasteiger partial charge in [0.2, 0.25) is 0 Å². The molecule has 144 valence electrons. The van der Waals surface area contributed by atoms with Crippen molar-refractivity contribution in [3.8, 4) is 0 Å². The maximum atomic E-state index is 12.7. The van der Waals surface area contributed by atoms with E-state index in [-0.39, 0.29) is 6.03 Å². The predicted octanol–water partition coefficient (Wildman–Crippen LogP) is 4.86. The number of pyridine rings is 1. The van der Waals surface area contributed by atoms with Crippen molar-refractivity contribution in [1.82, 2.24) is 9.88 Å². The number of hydrogen-bond donors (Lipinski definition) is 1. The highest BCUT2D eigenvalue weighted by Gasteiger charge is 2.23. The maximum absolute atomic E-state index is 12.7. The Labute approximate surface area is 169 Å². The highest BCUT2D eigenvalue weighted by Crippen LogP contribution is 2.28. The number of para-hydroxylation sites is 1. The Balaban J connectivity index is 1.45. The number of carbonyl (C=O) groups is 1. The van der Waals surface area contributed by atoms with Gasteiger partial charge in [0.15, 0.2) is 0 Å². The van der Waals surface area contributed by atoms with E-state index in [1.807, 2.05) is 43.1 Å². The van der Waals surface area contributed by atoms with Gasteiger partial charge in [-0.05, 0) is 43.2 Å². The van der Waals surface area contributed by atoms with Crippen molar-refractivity contribution < 1.29 is 4.79 Å². The molecular weight excluding hydrogens is 372 g/mol. The summed E-state index contributed by atoms with van der Waals surface area (Å²) in [5, 5.41) is 4.69. The molecule has 5 nitrogen and oxygen atoms in total. The highest BCUT2D eigenvalue weighted by atomic mass is 35.5. The van der Waals surface area contributed by atoms with Crippen LogP contribution in [0.3, 0.4) is 0 Å². The summed E-state index contributed by atoms with van der Waals surface area (Å²) >= 11 is 6.33. The minimum Gasteiger partial charge on any atom is -0.366 e. The number of anilines is 2. The fourth-order valence-electron chi connectivity index (χ4n) is 3.75. The van der Waals surface area contributed by atoms with E-state index in [4.69, 9.17) is 11.6 Å². The van der Waals surface area contributed by atoms with Gasteiger partial charge >= 0.3 is 6.03 Å². The van der Waals surface area contributed by atoms with Gasteiger partial charge < -0.3 is 15.1 Å². The molecule has 0 aliphatic carbocycles. The molecule has 28 heavy (non-hydrogen) atoms. The molecule has 0 radical (unpaired) electrons. The average molecular weight is 395 g/mol. The molecule has 0 unspecified atom stereocenters. The number of nitrogens with zero attached hydrogens (tertiary/aromatic N) is 3. The van der Waals surface area contributed by atoms with Crippen molar-refractivity contribution in [3.05, 3.63) is 64.8 Å². The number of aryl methyl sites for hydroxylation is 2. The first-order valence-electron chi connectivity index (χ1n) is 9.44. The van der Waals surface area contributed by atoms with Gasteiger partial charge in [0.25, 0.3) is 0 Å². The molecule has 2 aromatic carbocycles. The van der Waals surface area contributed by atoms with Crippen LogP contribution in [0.1, 0.15) is 11.1 Å². The molecular formula is C22H23ClN4O. The molecule has 1 saturated heterocycles. The molecule has 0 saturated carbocycles. The van der Waals surface area contributed by atoms with Crippen LogP contribution in [0, 0.1) is 13.8 Å². The van der Waals surface area contributed by atoms with Gasteiger partial charge in [-0.3, -0.25) is 4.98 Å². The zero-order chi connectivity index (χ0) is 19.7. The van der Waals surface area contributed by atoms with E-state index < -0.39 is 0 Å². The Bertz CT molecular complexity index is 1000. The summed E-state index contributed by atoms with van der Waals surface area (Å²) in [5.41, 5.74) is 4.87. The first-order valence-corrected chi connectivity index (χ1v) is 9.82. The van der Waals surface area contributed by atoms with E-state index in [0.29, 0.717) is 23.8 Å². The van der Waals surface area contributed by atoms with Crippen molar-refractivity contribution >= 4 is 39.9 Å². The number of halogens is 1. The molecule has 3 aromatic rings. The molecule has 2 amide bonds. The van der Waals surface area contributed by atoms with Gasteiger partial charge in [-0.25, -0.2) is 4.79 Å². The molecule has 2 heterocycles. The van der Waals surface area contributed by atoms with Crippen molar-refractivity contribution in [2.24, 2.45) is 0 Å². The Kier molecular flexibility index (Phi) is 5.09. The van der Waals surface area contributed by atoms with Crippen molar-refractivity contribution in [3.63, 3.8) is 0 Å². The standard InChI is InChI=1S/C22H23ClN4O/c1-15-13-16(2)20(18(23)14-15)25-22(28)27-11-9-26(10-12-27)19-7-3-5-17-6-4-8-24-21(17)19/h3-8,13-14H,9-12H2,1-2H3,(H,25,28). The molecule has 4 rings (SSSR count). The number of hydrogen-bond acceptors (Lipinski definition) is 3. The molecule has 0 bridgehead atoms. The van der Waals surface area contributed by atoms with Gasteiger partial charge in [-0.15, -0.1) is 0 Å². The Morgan fingerprint density at radius 3 is 2.57 bits per heavy atom. The van der Waals surface area contributed by atoms with Crippen LogP contribution in [-0.4, -0.2) is 42.1 Å². The molecule has 1 fully saturated rings. The average Bonchev–Trinajstić information content (AvgIpc) is 2.70. The van der Waals surface area contributed by atoms with E-state index in [2.05, 4.69) is 39.5 Å². The lowest BCUT2D eigenvalue weighted by atomic mass is 10.1. The summed E-state index contributed by atoms with van der Waals surface area (Å²) in [6, 6.07) is 14.0. The largest absolute Gasteiger partial charge is 0.366 e. The number of rotatable bonds is 2. The molecule has 1 aromatic heterocycles. The van der Waals surface area contributed by atoms with Gasteiger partial charge in [0.05, 0.1) is 21.9 Å². The zero-order valence-corrected chi connectivity index (χ0v) is 16.8. The Morgan fingerprint density at radius 2 is 1.82 bits per heavy atom. The van der Waals surface area contributed by atoms with Crippen LogP contribution in [0.4, 0.5) is 16.2 Å². The normalized spacial score (nSPS) is 14.4. The quantitative estimate of drug-likeness (QED) is 0.675. The third-order valence-corrected chi connectivity index (χ3v) is 5.48. The second-order valence-electron chi connectivity index (χ2n) is 7.20. The fourth-order valence-corrected chi connectivity index (χ4v) is 4.12.